The minimum Gasteiger partial charge on any atom is -0.358 e. The maximum Gasteiger partial charge on any atom is 0.236 e. The summed E-state index contributed by atoms with van der Waals surface area (Å²) < 4.78 is 0. The summed E-state index contributed by atoms with van der Waals surface area (Å²) in [6.07, 6.45) is 8.16. The fraction of sp³-hybridized carbons (Fsp3) is 0.923. The van der Waals surface area contributed by atoms with Crippen molar-refractivity contribution in [2.45, 2.75) is 57.5 Å². The van der Waals surface area contributed by atoms with Crippen LogP contribution in [-0.4, -0.2) is 25.0 Å². The van der Waals surface area contributed by atoms with E-state index in [1.54, 1.807) is 7.05 Å². The van der Waals surface area contributed by atoms with E-state index in [1.165, 1.54) is 38.5 Å². The average Bonchev–Trinajstić information content (AvgIpc) is 3.12. The van der Waals surface area contributed by atoms with Crippen LogP contribution in [-0.2, 0) is 4.79 Å². The van der Waals surface area contributed by atoms with Crippen LogP contribution >= 0.6 is 0 Å². The van der Waals surface area contributed by atoms with Crippen LogP contribution < -0.4 is 10.6 Å². The molecule has 0 spiro atoms. The van der Waals surface area contributed by atoms with E-state index in [2.05, 4.69) is 10.6 Å². The molecule has 0 heterocycles. The number of likely N-dealkylation sites (N-methyl/N-ethyl adjacent to an activating group) is 1. The molecule has 3 atom stereocenters. The van der Waals surface area contributed by atoms with Crippen LogP contribution in [0.4, 0.5) is 0 Å². The van der Waals surface area contributed by atoms with Gasteiger partial charge in [0.15, 0.2) is 0 Å². The molecule has 0 aromatic carbocycles. The van der Waals surface area contributed by atoms with Gasteiger partial charge in [-0.15, -0.1) is 0 Å². The first-order chi connectivity index (χ1) is 7.70. The molecule has 0 aromatic rings. The Morgan fingerprint density at radius 1 is 1.19 bits per heavy atom. The first-order valence-electron chi connectivity index (χ1n) is 6.68. The van der Waals surface area contributed by atoms with E-state index < -0.39 is 0 Å². The molecule has 2 N–H and O–H groups in total. The summed E-state index contributed by atoms with van der Waals surface area (Å²) in [7, 11) is 1.70. The fourth-order valence-corrected chi connectivity index (χ4v) is 3.02. The minimum atomic E-state index is -0.0482. The second-order valence-electron chi connectivity index (χ2n) is 5.46. The predicted octanol–water partition coefficient (Wildman–Crippen LogP) is 1.68. The van der Waals surface area contributed by atoms with Crippen molar-refractivity contribution in [2.75, 3.05) is 7.05 Å². The summed E-state index contributed by atoms with van der Waals surface area (Å²) >= 11 is 0. The highest BCUT2D eigenvalue weighted by Crippen LogP contribution is 2.43. The van der Waals surface area contributed by atoms with E-state index in [1.807, 2.05) is 6.92 Å². The molecule has 2 aliphatic carbocycles. The van der Waals surface area contributed by atoms with Crippen LogP contribution in [0.2, 0.25) is 0 Å². The quantitative estimate of drug-likeness (QED) is 0.763. The van der Waals surface area contributed by atoms with Crippen molar-refractivity contribution in [2.24, 2.45) is 11.8 Å². The maximum atomic E-state index is 11.4. The van der Waals surface area contributed by atoms with Crippen molar-refractivity contribution in [3.05, 3.63) is 0 Å². The van der Waals surface area contributed by atoms with Gasteiger partial charge in [-0.25, -0.2) is 0 Å². The molecule has 3 heteroatoms. The molecule has 0 saturated heterocycles. The molecule has 2 rings (SSSR count). The summed E-state index contributed by atoms with van der Waals surface area (Å²) in [4.78, 5) is 11.4. The molecule has 2 aliphatic rings. The number of carbonyl (C=O) groups excluding carboxylic acids is 1. The van der Waals surface area contributed by atoms with Gasteiger partial charge in [-0.1, -0.05) is 12.8 Å². The zero-order valence-electron chi connectivity index (χ0n) is 10.5. The Morgan fingerprint density at radius 2 is 1.94 bits per heavy atom. The Morgan fingerprint density at radius 3 is 2.56 bits per heavy atom. The standard InChI is InChI=1S/C13H24N2O/c1-9(13(16)14-2)15-12-5-3-4-11(8-12)10-6-7-10/h9-12,15H,3-8H2,1-2H3,(H,14,16). The molecule has 16 heavy (non-hydrogen) atoms. The third kappa shape index (κ3) is 2.97. The minimum absolute atomic E-state index is 0.0482. The molecule has 0 bridgehead atoms. The van der Waals surface area contributed by atoms with Crippen molar-refractivity contribution in [1.29, 1.82) is 0 Å². The summed E-state index contributed by atoms with van der Waals surface area (Å²) in [5.41, 5.74) is 0. The highest BCUT2D eigenvalue weighted by atomic mass is 16.2. The van der Waals surface area contributed by atoms with Crippen molar-refractivity contribution in [3.63, 3.8) is 0 Å². The largest absolute Gasteiger partial charge is 0.358 e. The van der Waals surface area contributed by atoms with Crippen LogP contribution in [0.25, 0.3) is 0 Å². The maximum absolute atomic E-state index is 11.4. The van der Waals surface area contributed by atoms with Gasteiger partial charge in [0.1, 0.15) is 0 Å². The number of hydrogen-bond acceptors (Lipinski definition) is 2. The SMILES string of the molecule is CNC(=O)C(C)NC1CCCC(C2CC2)C1. The molecule has 2 fully saturated rings. The highest BCUT2D eigenvalue weighted by molar-refractivity contribution is 5.80. The number of amides is 1. The van der Waals surface area contributed by atoms with Crippen molar-refractivity contribution < 1.29 is 4.79 Å². The lowest BCUT2D eigenvalue weighted by Gasteiger charge is -2.31. The van der Waals surface area contributed by atoms with E-state index in [0.29, 0.717) is 6.04 Å². The summed E-state index contributed by atoms with van der Waals surface area (Å²) in [5, 5.41) is 6.17. The zero-order chi connectivity index (χ0) is 11.5. The first-order valence-corrected chi connectivity index (χ1v) is 6.68. The Hall–Kier alpha value is -0.570. The van der Waals surface area contributed by atoms with Gasteiger partial charge in [0.25, 0.3) is 0 Å². The van der Waals surface area contributed by atoms with E-state index in [-0.39, 0.29) is 11.9 Å². The van der Waals surface area contributed by atoms with Gasteiger partial charge in [-0.2, -0.15) is 0 Å². The van der Waals surface area contributed by atoms with Gasteiger partial charge >= 0.3 is 0 Å². The van der Waals surface area contributed by atoms with Crippen molar-refractivity contribution in [1.82, 2.24) is 10.6 Å². The van der Waals surface area contributed by atoms with E-state index >= 15 is 0 Å². The van der Waals surface area contributed by atoms with Gasteiger partial charge < -0.3 is 10.6 Å². The molecule has 0 radical (unpaired) electrons. The van der Waals surface area contributed by atoms with Gasteiger partial charge in [0.2, 0.25) is 5.91 Å². The third-order valence-electron chi connectivity index (χ3n) is 4.13. The number of carbonyl (C=O) groups is 1. The topological polar surface area (TPSA) is 41.1 Å². The van der Waals surface area contributed by atoms with Crippen LogP contribution in [0, 0.1) is 11.8 Å². The molecule has 3 nitrogen and oxygen atoms in total. The molecular formula is C13H24N2O. The Bertz CT molecular complexity index is 250. The Kier molecular flexibility index (Phi) is 3.85. The van der Waals surface area contributed by atoms with Crippen LogP contribution in [0.5, 0.6) is 0 Å². The molecule has 92 valence electrons. The van der Waals surface area contributed by atoms with Gasteiger partial charge in [0, 0.05) is 13.1 Å². The van der Waals surface area contributed by atoms with Gasteiger partial charge in [0.05, 0.1) is 6.04 Å². The Labute approximate surface area is 98.4 Å². The summed E-state index contributed by atoms with van der Waals surface area (Å²) in [5.74, 6) is 2.05. The van der Waals surface area contributed by atoms with Gasteiger partial charge in [-0.3, -0.25) is 4.79 Å². The summed E-state index contributed by atoms with van der Waals surface area (Å²) in [6.45, 7) is 1.96. The second kappa shape index (κ2) is 5.17. The smallest absolute Gasteiger partial charge is 0.236 e. The predicted molar refractivity (Wildman–Crippen MR) is 65.1 cm³/mol. The lowest BCUT2D eigenvalue weighted by atomic mass is 9.82. The van der Waals surface area contributed by atoms with Crippen molar-refractivity contribution >= 4 is 5.91 Å². The van der Waals surface area contributed by atoms with E-state index in [0.717, 1.165) is 11.8 Å². The lowest BCUT2D eigenvalue weighted by molar-refractivity contribution is -0.122. The molecule has 0 aromatic heterocycles. The monoisotopic (exact) mass is 224 g/mol. The van der Waals surface area contributed by atoms with Crippen LogP contribution in [0.1, 0.15) is 45.4 Å². The zero-order valence-corrected chi connectivity index (χ0v) is 10.5. The highest BCUT2D eigenvalue weighted by Gasteiger charge is 2.35. The normalized spacial score (nSPS) is 32.1. The van der Waals surface area contributed by atoms with E-state index in [4.69, 9.17) is 0 Å². The van der Waals surface area contributed by atoms with E-state index in [9.17, 15) is 4.79 Å². The second-order valence-corrected chi connectivity index (χ2v) is 5.46. The van der Waals surface area contributed by atoms with Crippen LogP contribution in [0.15, 0.2) is 0 Å². The number of rotatable bonds is 4. The summed E-state index contributed by atoms with van der Waals surface area (Å²) in [6, 6.07) is 0.514. The molecule has 1 amide bonds. The lowest BCUT2D eigenvalue weighted by Crippen LogP contribution is -2.47. The Balaban J connectivity index is 1.77. The average molecular weight is 224 g/mol. The fourth-order valence-electron chi connectivity index (χ4n) is 3.02. The van der Waals surface area contributed by atoms with Crippen molar-refractivity contribution in [3.8, 4) is 0 Å². The third-order valence-corrected chi connectivity index (χ3v) is 4.13. The first kappa shape index (κ1) is 11.9. The molecular weight excluding hydrogens is 200 g/mol. The molecule has 2 saturated carbocycles. The molecule has 0 aliphatic heterocycles. The van der Waals surface area contributed by atoms with Crippen LogP contribution in [0.3, 0.4) is 0 Å². The molecule has 3 unspecified atom stereocenters. The number of nitrogens with one attached hydrogen (secondary N) is 2. The van der Waals surface area contributed by atoms with Gasteiger partial charge in [-0.05, 0) is 44.4 Å². The number of hydrogen-bond donors (Lipinski definition) is 2.